The minimum Gasteiger partial charge on any atom is -0.394 e. The Bertz CT molecular complexity index is 1190. The second kappa shape index (κ2) is 111. The van der Waals surface area contributed by atoms with Gasteiger partial charge in [-0.05, 0) is 29.4 Å². The number of pyridine rings is 4. The Hall–Kier alpha value is 1.34. The Kier molecular flexibility index (Phi) is 170. The maximum atomic E-state index is 4.12. The topological polar surface area (TPSA) is 51.6 Å². The van der Waals surface area contributed by atoms with Crippen LogP contribution in [0.1, 0.15) is 297 Å². The molecule has 0 spiro atoms. The van der Waals surface area contributed by atoms with Crippen molar-refractivity contribution in [2.75, 3.05) is 0 Å². The molecular weight excluding hydrogens is 1290 g/mol. The van der Waals surface area contributed by atoms with E-state index in [0.717, 1.165) is 5.69 Å². The average Bonchev–Trinajstić information content (AvgIpc) is 3.40. The third-order valence-electron chi connectivity index (χ3n) is 6.30. The van der Waals surface area contributed by atoms with E-state index in [1.54, 1.807) is 31.0 Å². The summed E-state index contributed by atoms with van der Waals surface area (Å²) in [7, 11) is 0. The molecule has 5 radical (unpaired) electrons. The third-order valence-corrected chi connectivity index (χ3v) is 6.30. The zero-order chi connectivity index (χ0) is 57.0. The van der Waals surface area contributed by atoms with Crippen molar-refractivity contribution < 1.29 is 164 Å². The maximum absolute atomic E-state index is 4.12. The Balaban J connectivity index is -0.0000000410. The van der Waals surface area contributed by atoms with Gasteiger partial charge in [-0.2, -0.15) is 72.3 Å². The van der Waals surface area contributed by atoms with Crippen LogP contribution >= 0.6 is 0 Å². The minimum absolute atomic E-state index is 0. The fraction of sp³-hybridized carbons (Fsp3) is 0.606. The summed E-state index contributed by atoms with van der Waals surface area (Å²) in [6.45, 7) is 62.6. The van der Waals surface area contributed by atoms with Crippen molar-refractivity contribution in [3.63, 3.8) is 0 Å². The van der Waals surface area contributed by atoms with E-state index >= 15 is 0 Å². The van der Waals surface area contributed by atoms with Crippen molar-refractivity contribution in [2.45, 2.75) is 269 Å². The van der Waals surface area contributed by atoms with Gasteiger partial charge < -0.3 is 19.9 Å². The molecule has 4 heterocycles. The van der Waals surface area contributed by atoms with Gasteiger partial charge in [0.25, 0.3) is 0 Å². The van der Waals surface area contributed by atoms with E-state index < -0.39 is 0 Å². The Morgan fingerprint density at radius 2 is 0.720 bits per heavy atom. The summed E-state index contributed by atoms with van der Waals surface area (Å²) >= 11 is 0. The molecule has 5 rings (SSSR count). The molecule has 0 saturated carbocycles. The van der Waals surface area contributed by atoms with E-state index in [1.165, 1.54) is 54.4 Å². The van der Waals surface area contributed by atoms with E-state index in [-0.39, 0.29) is 164 Å². The molecule has 0 aliphatic carbocycles. The molecule has 0 fully saturated rings. The molecule has 4 nitrogen and oxygen atoms in total. The summed E-state index contributed by atoms with van der Waals surface area (Å²) in [5, 5.41) is 0. The van der Waals surface area contributed by atoms with E-state index in [1.807, 2.05) is 130 Å². The molecule has 9 heteroatoms. The van der Waals surface area contributed by atoms with Crippen LogP contribution in [-0.4, -0.2) is 19.9 Å². The molecule has 0 unspecified atom stereocenters. The van der Waals surface area contributed by atoms with Crippen molar-refractivity contribution in [2.24, 2.45) is 0 Å². The van der Waals surface area contributed by atoms with Crippen LogP contribution in [0.25, 0.3) is 0 Å². The summed E-state index contributed by atoms with van der Waals surface area (Å²) in [4.78, 5) is 15.9. The first-order valence-electron chi connectivity index (χ1n) is 27.8. The summed E-state index contributed by atoms with van der Waals surface area (Å²) in [6.07, 6.45) is 19.8. The summed E-state index contributed by atoms with van der Waals surface area (Å²) in [6, 6.07) is 32.1. The normalized spacial score (nSPS) is 7.67. The van der Waals surface area contributed by atoms with Gasteiger partial charge in [-0.1, -0.05) is 289 Å². The second-order valence-corrected chi connectivity index (χ2v) is 15.4. The molecule has 5 aromatic rings. The molecule has 425 valence electrons. The third kappa shape index (κ3) is 108. The van der Waals surface area contributed by atoms with Crippen LogP contribution in [0, 0.1) is 30.5 Å². The van der Waals surface area contributed by atoms with E-state index in [0.29, 0.717) is 29.6 Å². The van der Waals surface area contributed by atoms with Crippen molar-refractivity contribution >= 4 is 0 Å². The smallest absolute Gasteiger partial charge is 0 e. The zero-order valence-corrected chi connectivity index (χ0v) is 69.5. The van der Waals surface area contributed by atoms with Gasteiger partial charge in [-0.3, -0.25) is 0 Å². The molecule has 0 N–H and O–H groups in total. The molecule has 0 atom stereocenters. The molecule has 4 aromatic heterocycles. The number of hydrogen-bond donors (Lipinski definition) is 0. The molecule has 0 aliphatic heterocycles. The van der Waals surface area contributed by atoms with Gasteiger partial charge in [0, 0.05) is 164 Å². The van der Waals surface area contributed by atoms with Crippen LogP contribution in [0.5, 0.6) is 0 Å². The molecule has 75 heavy (non-hydrogen) atoms. The van der Waals surface area contributed by atoms with Gasteiger partial charge in [0.05, 0.1) is 0 Å². The fourth-order valence-electron chi connectivity index (χ4n) is 3.42. The van der Waals surface area contributed by atoms with Gasteiger partial charge in [0.2, 0.25) is 0 Å². The van der Waals surface area contributed by atoms with Crippen LogP contribution in [0.2, 0.25) is 0 Å². The Morgan fingerprint density at radius 1 is 0.347 bits per heavy atom. The second-order valence-electron chi connectivity index (χ2n) is 15.4. The molecule has 1 aromatic carbocycles. The molecule has 0 bridgehead atoms. The van der Waals surface area contributed by atoms with Crippen LogP contribution in [0.15, 0.2) is 97.8 Å². The summed E-state index contributed by atoms with van der Waals surface area (Å²) < 4.78 is 0. The van der Waals surface area contributed by atoms with Crippen molar-refractivity contribution in [3.05, 3.63) is 156 Å². The standard InChI is InChI=1S/C9H11.4C8H10N.5C3H8.5C2H6.5Y/c1-8(2)9-6-4-3-5-7-9;1-7(2)8-3-5-9-6-4-8;2*1-7(2)8-4-3-5-9-6-8;1-7(2)8-5-3-4-6-9-8;5*1-3-2;5*1-2;;;;;/h3-6,8H,1-2H3;2*3,5-7H,1-2H3;3-5,7H,1-2H3;3-4,6-7H,1-2H3;5*3H2,1-2H3;5*1-2H3;;;;;/q5*-1;;;;;;;;;;;;;;;. The fourth-order valence-corrected chi connectivity index (χ4v) is 3.42. The van der Waals surface area contributed by atoms with Crippen molar-refractivity contribution in [1.82, 2.24) is 19.9 Å². The molecule has 0 saturated heterocycles. The first kappa shape index (κ1) is 115. The monoisotopic (exact) mass is 1410 g/mol. The van der Waals surface area contributed by atoms with Crippen LogP contribution in [0.3, 0.4) is 0 Å². The Labute approximate surface area is 600 Å². The number of rotatable bonds is 5. The van der Waals surface area contributed by atoms with Crippen LogP contribution < -0.4 is 0 Å². The van der Waals surface area contributed by atoms with E-state index in [4.69, 9.17) is 0 Å². The predicted molar refractivity (Wildman–Crippen MR) is 325 cm³/mol. The van der Waals surface area contributed by atoms with Crippen LogP contribution in [0.4, 0.5) is 0 Å². The molecular formula is C66H121N4Y5-5. The number of aromatic nitrogens is 4. The maximum Gasteiger partial charge on any atom is 0 e. The summed E-state index contributed by atoms with van der Waals surface area (Å²) in [5.74, 6) is 2.74. The number of hydrogen-bond acceptors (Lipinski definition) is 4. The van der Waals surface area contributed by atoms with Crippen LogP contribution in [-0.2, 0) is 164 Å². The van der Waals surface area contributed by atoms with Crippen molar-refractivity contribution in [1.29, 1.82) is 0 Å². The molecule has 0 aliphatic rings. The largest absolute Gasteiger partial charge is 0.394 e. The molecule has 0 amide bonds. The average molecular weight is 1420 g/mol. The Morgan fingerprint density at radius 3 is 0.920 bits per heavy atom. The predicted octanol–water partition coefficient (Wildman–Crippen LogP) is 22.8. The van der Waals surface area contributed by atoms with Gasteiger partial charge in [-0.25, -0.2) is 23.8 Å². The van der Waals surface area contributed by atoms with E-state index in [9.17, 15) is 0 Å². The van der Waals surface area contributed by atoms with Gasteiger partial charge in [0.1, 0.15) is 0 Å². The SMILES string of the molecule is CC.CC.CC.CC.CC.CC(C)c1[c-]cccc1.CC(C)c1[c-]cccn1.CC(C)c1[c-]ccnc1.CC(C)c1[c-]cncc1.CC(C)c1[c-]nccc1.CCC.CCC.CCC.CCC.CCC.[Y].[Y].[Y].[Y].[Y]. The summed E-state index contributed by atoms with van der Waals surface area (Å²) in [5.41, 5.74) is 5.91. The van der Waals surface area contributed by atoms with E-state index in [2.05, 4.69) is 195 Å². The van der Waals surface area contributed by atoms with Gasteiger partial charge in [0.15, 0.2) is 0 Å². The zero-order valence-electron chi connectivity index (χ0n) is 55.3. The first-order valence-corrected chi connectivity index (χ1v) is 27.8. The van der Waals surface area contributed by atoms with Gasteiger partial charge in [-0.15, -0.1) is 11.1 Å². The number of nitrogens with zero attached hydrogens (tertiary/aromatic N) is 4. The van der Waals surface area contributed by atoms with Gasteiger partial charge >= 0.3 is 0 Å². The number of benzene rings is 1. The first-order chi connectivity index (χ1) is 33.6. The minimum atomic E-state index is 0. The van der Waals surface area contributed by atoms with Crippen molar-refractivity contribution in [3.8, 4) is 0 Å². The quantitative estimate of drug-likeness (QED) is 0.165.